The van der Waals surface area contributed by atoms with Crippen LogP contribution < -0.4 is 0 Å². The van der Waals surface area contributed by atoms with Crippen molar-refractivity contribution >= 4 is 0 Å². The van der Waals surface area contributed by atoms with Gasteiger partial charge in [-0.3, -0.25) is 0 Å². The lowest BCUT2D eigenvalue weighted by molar-refractivity contribution is -0.0966. The minimum atomic E-state index is -1.43. The van der Waals surface area contributed by atoms with E-state index in [2.05, 4.69) is 5.92 Å². The summed E-state index contributed by atoms with van der Waals surface area (Å²) in [6, 6.07) is 0. The SMILES string of the molecule is C#CC(C)(O)C(C)(O)CC. The number of hydrogen-bond acceptors (Lipinski definition) is 2. The van der Waals surface area contributed by atoms with E-state index in [4.69, 9.17) is 6.42 Å². The predicted octanol–water partition coefficient (Wildman–Crippen LogP) is 0.532. The summed E-state index contributed by atoms with van der Waals surface area (Å²) in [4.78, 5) is 0. The quantitative estimate of drug-likeness (QED) is 0.552. The third-order valence-electron chi connectivity index (χ3n) is 2.02. The maximum absolute atomic E-state index is 9.46. The van der Waals surface area contributed by atoms with Crippen molar-refractivity contribution in [2.75, 3.05) is 0 Å². The number of aliphatic hydroxyl groups is 2. The molecule has 2 N–H and O–H groups in total. The van der Waals surface area contributed by atoms with Gasteiger partial charge in [-0.25, -0.2) is 0 Å². The van der Waals surface area contributed by atoms with Gasteiger partial charge in [0.05, 0.1) is 0 Å². The van der Waals surface area contributed by atoms with Gasteiger partial charge in [0.15, 0.2) is 5.60 Å². The monoisotopic (exact) mass is 142 g/mol. The van der Waals surface area contributed by atoms with Gasteiger partial charge in [0.1, 0.15) is 5.60 Å². The van der Waals surface area contributed by atoms with Crippen LogP contribution in [0.25, 0.3) is 0 Å². The van der Waals surface area contributed by atoms with Gasteiger partial charge in [0, 0.05) is 0 Å². The van der Waals surface area contributed by atoms with E-state index in [1.807, 2.05) is 0 Å². The topological polar surface area (TPSA) is 40.5 Å². The highest BCUT2D eigenvalue weighted by molar-refractivity contribution is 5.13. The summed E-state index contributed by atoms with van der Waals surface area (Å²) in [6.07, 6.45) is 5.44. The standard InChI is InChI=1S/C8H14O2/c1-5-7(3,9)8(4,10)6-2/h1,9-10H,6H2,2-4H3. The van der Waals surface area contributed by atoms with E-state index in [1.165, 1.54) is 13.8 Å². The van der Waals surface area contributed by atoms with E-state index >= 15 is 0 Å². The number of terminal acetylenes is 1. The van der Waals surface area contributed by atoms with E-state index in [0.717, 1.165) is 0 Å². The first kappa shape index (κ1) is 9.48. The Morgan fingerprint density at radius 1 is 1.40 bits per heavy atom. The molecule has 0 bridgehead atoms. The highest BCUT2D eigenvalue weighted by atomic mass is 16.4. The molecule has 2 nitrogen and oxygen atoms in total. The van der Waals surface area contributed by atoms with Crippen molar-refractivity contribution in [2.24, 2.45) is 0 Å². The minimum Gasteiger partial charge on any atom is -0.386 e. The molecule has 0 radical (unpaired) electrons. The van der Waals surface area contributed by atoms with Gasteiger partial charge in [-0.2, -0.15) is 0 Å². The van der Waals surface area contributed by atoms with E-state index in [1.54, 1.807) is 6.92 Å². The molecule has 0 aromatic carbocycles. The van der Waals surface area contributed by atoms with Crippen molar-refractivity contribution in [3.63, 3.8) is 0 Å². The van der Waals surface area contributed by atoms with Crippen LogP contribution in [0, 0.1) is 12.3 Å². The van der Waals surface area contributed by atoms with Gasteiger partial charge in [-0.05, 0) is 20.3 Å². The van der Waals surface area contributed by atoms with Crippen molar-refractivity contribution in [3.8, 4) is 12.3 Å². The fraction of sp³-hybridized carbons (Fsp3) is 0.750. The Morgan fingerprint density at radius 2 is 1.80 bits per heavy atom. The highest BCUT2D eigenvalue weighted by Gasteiger charge is 2.38. The Labute approximate surface area is 61.9 Å². The van der Waals surface area contributed by atoms with Crippen LogP contribution >= 0.6 is 0 Å². The van der Waals surface area contributed by atoms with Crippen LogP contribution in [0.15, 0.2) is 0 Å². The van der Waals surface area contributed by atoms with Gasteiger partial charge >= 0.3 is 0 Å². The number of hydrogen-bond donors (Lipinski definition) is 2. The Morgan fingerprint density at radius 3 is 1.90 bits per heavy atom. The Hall–Kier alpha value is -0.520. The molecule has 0 heterocycles. The summed E-state index contributed by atoms with van der Waals surface area (Å²) in [5.41, 5.74) is -2.62. The summed E-state index contributed by atoms with van der Waals surface area (Å²) in [6.45, 7) is 4.72. The zero-order valence-electron chi connectivity index (χ0n) is 6.68. The van der Waals surface area contributed by atoms with Crippen molar-refractivity contribution in [2.45, 2.75) is 38.4 Å². The molecular weight excluding hydrogens is 128 g/mol. The Kier molecular flexibility index (Phi) is 2.48. The maximum Gasteiger partial charge on any atom is 0.150 e. The summed E-state index contributed by atoms with van der Waals surface area (Å²) in [5.74, 6) is 2.14. The molecule has 0 aromatic rings. The molecule has 0 aromatic heterocycles. The molecule has 0 saturated carbocycles. The lowest BCUT2D eigenvalue weighted by Crippen LogP contribution is -2.48. The third-order valence-corrected chi connectivity index (χ3v) is 2.02. The molecule has 2 atom stereocenters. The normalized spacial score (nSPS) is 22.4. The average Bonchev–Trinajstić information content (AvgIpc) is 1.88. The molecule has 58 valence electrons. The molecule has 0 aliphatic rings. The van der Waals surface area contributed by atoms with Crippen molar-refractivity contribution in [1.82, 2.24) is 0 Å². The maximum atomic E-state index is 9.46. The van der Waals surface area contributed by atoms with Gasteiger partial charge < -0.3 is 10.2 Å². The lowest BCUT2D eigenvalue weighted by Gasteiger charge is -2.33. The van der Waals surface area contributed by atoms with Crippen LogP contribution in [0.2, 0.25) is 0 Å². The van der Waals surface area contributed by atoms with Gasteiger partial charge in [-0.1, -0.05) is 12.8 Å². The van der Waals surface area contributed by atoms with Crippen LogP contribution in [0.4, 0.5) is 0 Å². The lowest BCUT2D eigenvalue weighted by atomic mass is 9.85. The molecular formula is C8H14O2. The second kappa shape index (κ2) is 2.61. The van der Waals surface area contributed by atoms with E-state index < -0.39 is 11.2 Å². The van der Waals surface area contributed by atoms with Gasteiger partial charge in [0.2, 0.25) is 0 Å². The molecule has 0 rings (SSSR count). The number of rotatable bonds is 2. The average molecular weight is 142 g/mol. The van der Waals surface area contributed by atoms with Crippen molar-refractivity contribution in [3.05, 3.63) is 0 Å². The minimum absolute atomic E-state index is 0.435. The first-order chi connectivity index (χ1) is 4.37. The predicted molar refractivity (Wildman–Crippen MR) is 40.4 cm³/mol. The van der Waals surface area contributed by atoms with E-state index in [9.17, 15) is 10.2 Å². The van der Waals surface area contributed by atoms with Crippen molar-refractivity contribution in [1.29, 1.82) is 0 Å². The highest BCUT2D eigenvalue weighted by Crippen LogP contribution is 2.23. The summed E-state index contributed by atoms with van der Waals surface area (Å²) < 4.78 is 0. The first-order valence-corrected chi connectivity index (χ1v) is 3.30. The van der Waals surface area contributed by atoms with E-state index in [-0.39, 0.29) is 0 Å². The molecule has 0 aliphatic carbocycles. The Balaban J connectivity index is 4.49. The van der Waals surface area contributed by atoms with Gasteiger partial charge in [-0.15, -0.1) is 6.42 Å². The van der Waals surface area contributed by atoms with Crippen LogP contribution in [0.3, 0.4) is 0 Å². The molecule has 10 heavy (non-hydrogen) atoms. The molecule has 0 amide bonds. The molecule has 0 saturated heterocycles. The van der Waals surface area contributed by atoms with Crippen LogP contribution in [-0.4, -0.2) is 21.4 Å². The summed E-state index contributed by atoms with van der Waals surface area (Å²) >= 11 is 0. The molecule has 0 spiro atoms. The Bertz CT molecular complexity index is 151. The van der Waals surface area contributed by atoms with Crippen LogP contribution in [-0.2, 0) is 0 Å². The van der Waals surface area contributed by atoms with Gasteiger partial charge in [0.25, 0.3) is 0 Å². The first-order valence-electron chi connectivity index (χ1n) is 3.30. The third kappa shape index (κ3) is 1.50. The fourth-order valence-corrected chi connectivity index (χ4v) is 0.500. The summed E-state index contributed by atoms with van der Waals surface area (Å²) in [5, 5.41) is 18.8. The summed E-state index contributed by atoms with van der Waals surface area (Å²) in [7, 11) is 0. The zero-order valence-corrected chi connectivity index (χ0v) is 6.68. The smallest absolute Gasteiger partial charge is 0.150 e. The van der Waals surface area contributed by atoms with E-state index in [0.29, 0.717) is 6.42 Å². The second-order valence-electron chi connectivity index (χ2n) is 2.84. The largest absolute Gasteiger partial charge is 0.386 e. The second-order valence-corrected chi connectivity index (χ2v) is 2.84. The fourth-order valence-electron chi connectivity index (χ4n) is 0.500. The van der Waals surface area contributed by atoms with Crippen molar-refractivity contribution < 1.29 is 10.2 Å². The molecule has 0 fully saturated rings. The van der Waals surface area contributed by atoms with Crippen LogP contribution in [0.5, 0.6) is 0 Å². The van der Waals surface area contributed by atoms with Crippen LogP contribution in [0.1, 0.15) is 27.2 Å². The zero-order chi connectivity index (χ0) is 8.41. The molecule has 0 aliphatic heterocycles. The molecule has 2 unspecified atom stereocenters. The molecule has 2 heteroatoms.